The molecule has 92 valence electrons. The van der Waals surface area contributed by atoms with Crippen molar-refractivity contribution in [3.8, 4) is 11.3 Å². The number of benzene rings is 1. The van der Waals surface area contributed by atoms with Crippen LogP contribution in [0.1, 0.15) is 24.2 Å². The van der Waals surface area contributed by atoms with Gasteiger partial charge in [0.25, 0.3) is 5.56 Å². The highest BCUT2D eigenvalue weighted by atomic mass is 16.1. The predicted molar refractivity (Wildman–Crippen MR) is 69.6 cm³/mol. The second-order valence-electron chi connectivity index (χ2n) is 3.99. The molecule has 0 spiro atoms. The van der Waals surface area contributed by atoms with Gasteiger partial charge in [0.05, 0.1) is 11.3 Å². The van der Waals surface area contributed by atoms with Crippen LogP contribution in [-0.4, -0.2) is 15.6 Å². The first-order valence-electron chi connectivity index (χ1n) is 5.82. The highest BCUT2D eigenvalue weighted by Gasteiger charge is 2.12. The van der Waals surface area contributed by atoms with Crippen LogP contribution in [-0.2, 0) is 6.54 Å². The van der Waals surface area contributed by atoms with E-state index in [-0.39, 0.29) is 16.9 Å². The molecule has 2 rings (SSSR count). The Kier molecular flexibility index (Phi) is 3.37. The summed E-state index contributed by atoms with van der Waals surface area (Å²) in [6.07, 6.45) is 0. The van der Waals surface area contributed by atoms with Gasteiger partial charge in [-0.25, -0.2) is 4.68 Å². The lowest BCUT2D eigenvalue weighted by Gasteiger charge is -2.07. The van der Waals surface area contributed by atoms with E-state index in [1.807, 2.05) is 37.3 Å². The Labute approximate surface area is 105 Å². The molecule has 0 aliphatic heterocycles. The van der Waals surface area contributed by atoms with E-state index < -0.39 is 0 Å². The fourth-order valence-electron chi connectivity index (χ4n) is 1.76. The molecule has 0 atom stereocenters. The third-order valence-electron chi connectivity index (χ3n) is 2.72. The van der Waals surface area contributed by atoms with Gasteiger partial charge in [-0.15, -0.1) is 0 Å². The number of aryl methyl sites for hydroxylation is 1. The van der Waals surface area contributed by atoms with Crippen molar-refractivity contribution < 1.29 is 4.79 Å². The van der Waals surface area contributed by atoms with E-state index in [1.54, 1.807) is 6.07 Å². The first kappa shape index (κ1) is 12.2. The number of Topliss-reactive ketones (excluding diaryl/α,β-unsaturated/α-hetero) is 1. The van der Waals surface area contributed by atoms with Crippen LogP contribution in [0.15, 0.2) is 41.2 Å². The summed E-state index contributed by atoms with van der Waals surface area (Å²) in [5, 5.41) is 4.26. The molecule has 4 nitrogen and oxygen atoms in total. The largest absolute Gasteiger partial charge is 0.294 e. The van der Waals surface area contributed by atoms with Gasteiger partial charge < -0.3 is 0 Å². The molecule has 0 aliphatic carbocycles. The average molecular weight is 242 g/mol. The summed E-state index contributed by atoms with van der Waals surface area (Å²) >= 11 is 0. The van der Waals surface area contributed by atoms with Crippen LogP contribution < -0.4 is 5.56 Å². The van der Waals surface area contributed by atoms with E-state index in [1.165, 1.54) is 11.6 Å². The van der Waals surface area contributed by atoms with Gasteiger partial charge in [0, 0.05) is 12.1 Å². The maximum atomic E-state index is 11.9. The van der Waals surface area contributed by atoms with Crippen molar-refractivity contribution in [3.05, 3.63) is 52.3 Å². The molecule has 0 saturated heterocycles. The maximum absolute atomic E-state index is 11.9. The minimum Gasteiger partial charge on any atom is -0.294 e. The van der Waals surface area contributed by atoms with Crippen molar-refractivity contribution in [2.75, 3.05) is 0 Å². The molecule has 0 fully saturated rings. The predicted octanol–water partition coefficient (Wildman–Crippen LogP) is 2.13. The van der Waals surface area contributed by atoms with Crippen molar-refractivity contribution >= 4 is 5.78 Å². The van der Waals surface area contributed by atoms with Crippen molar-refractivity contribution in [2.24, 2.45) is 0 Å². The van der Waals surface area contributed by atoms with E-state index in [9.17, 15) is 9.59 Å². The fraction of sp³-hybridized carbons (Fsp3) is 0.214. The lowest BCUT2D eigenvalue weighted by Crippen LogP contribution is -2.27. The minimum atomic E-state index is -0.329. The highest BCUT2D eigenvalue weighted by molar-refractivity contribution is 5.94. The Hall–Kier alpha value is -2.23. The van der Waals surface area contributed by atoms with Crippen molar-refractivity contribution in [2.45, 2.75) is 20.4 Å². The smallest absolute Gasteiger partial charge is 0.277 e. The van der Waals surface area contributed by atoms with Gasteiger partial charge in [-0.1, -0.05) is 30.3 Å². The van der Waals surface area contributed by atoms with Crippen LogP contribution in [0.5, 0.6) is 0 Å². The van der Waals surface area contributed by atoms with E-state index >= 15 is 0 Å². The zero-order valence-electron chi connectivity index (χ0n) is 10.4. The number of hydrogen-bond acceptors (Lipinski definition) is 3. The molecule has 0 aliphatic rings. The van der Waals surface area contributed by atoms with Crippen molar-refractivity contribution in [1.29, 1.82) is 0 Å². The van der Waals surface area contributed by atoms with Crippen LogP contribution in [0.3, 0.4) is 0 Å². The molecule has 0 saturated carbocycles. The molecule has 0 bridgehead atoms. The zero-order valence-corrected chi connectivity index (χ0v) is 10.4. The fourth-order valence-corrected chi connectivity index (χ4v) is 1.76. The number of rotatable bonds is 3. The van der Waals surface area contributed by atoms with Crippen LogP contribution in [0.4, 0.5) is 0 Å². The number of ketones is 1. The molecule has 0 unspecified atom stereocenters. The summed E-state index contributed by atoms with van der Waals surface area (Å²) < 4.78 is 1.32. The SMILES string of the molecule is CCn1nc(-c2ccccc2)cc(C(C)=O)c1=O. The number of hydrogen-bond donors (Lipinski definition) is 0. The van der Waals surface area contributed by atoms with Crippen molar-refractivity contribution in [1.82, 2.24) is 9.78 Å². The van der Waals surface area contributed by atoms with Gasteiger partial charge in [0.1, 0.15) is 0 Å². The Morgan fingerprint density at radius 2 is 1.94 bits per heavy atom. The molecule has 4 heteroatoms. The second kappa shape index (κ2) is 4.96. The molecule has 0 N–H and O–H groups in total. The average Bonchev–Trinajstić information content (AvgIpc) is 2.39. The molecular weight excluding hydrogens is 228 g/mol. The highest BCUT2D eigenvalue weighted by Crippen LogP contribution is 2.15. The van der Waals surface area contributed by atoms with Crippen LogP contribution in [0, 0.1) is 0 Å². The Morgan fingerprint density at radius 3 is 2.50 bits per heavy atom. The van der Waals surface area contributed by atoms with Gasteiger partial charge >= 0.3 is 0 Å². The number of nitrogens with zero attached hydrogens (tertiary/aromatic N) is 2. The third-order valence-corrected chi connectivity index (χ3v) is 2.72. The van der Waals surface area contributed by atoms with Crippen LogP contribution >= 0.6 is 0 Å². The molecule has 0 amide bonds. The first-order chi connectivity index (χ1) is 8.63. The van der Waals surface area contributed by atoms with E-state index in [0.717, 1.165) is 5.56 Å². The summed E-state index contributed by atoms with van der Waals surface area (Å²) in [6.45, 7) is 3.67. The zero-order chi connectivity index (χ0) is 13.1. The summed E-state index contributed by atoms with van der Waals surface area (Å²) in [4.78, 5) is 23.4. The number of aromatic nitrogens is 2. The van der Waals surface area contributed by atoms with Crippen LogP contribution in [0.25, 0.3) is 11.3 Å². The van der Waals surface area contributed by atoms with Gasteiger partial charge in [0.2, 0.25) is 0 Å². The molecule has 0 radical (unpaired) electrons. The lowest BCUT2D eigenvalue weighted by molar-refractivity contribution is 0.101. The van der Waals surface area contributed by atoms with E-state index in [2.05, 4.69) is 5.10 Å². The quantitative estimate of drug-likeness (QED) is 0.775. The van der Waals surface area contributed by atoms with Gasteiger partial charge in [0.15, 0.2) is 5.78 Å². The monoisotopic (exact) mass is 242 g/mol. The van der Waals surface area contributed by atoms with Crippen LogP contribution in [0.2, 0.25) is 0 Å². The van der Waals surface area contributed by atoms with Gasteiger partial charge in [-0.2, -0.15) is 5.10 Å². The molecule has 18 heavy (non-hydrogen) atoms. The minimum absolute atomic E-state index is 0.186. The van der Waals surface area contributed by atoms with Crippen molar-refractivity contribution in [3.63, 3.8) is 0 Å². The Bertz CT molecular complexity index is 630. The molecule has 2 aromatic rings. The summed E-state index contributed by atoms with van der Waals surface area (Å²) in [5.74, 6) is -0.234. The molecule has 1 heterocycles. The third kappa shape index (κ3) is 2.22. The lowest BCUT2D eigenvalue weighted by atomic mass is 10.1. The molecule has 1 aromatic heterocycles. The van der Waals surface area contributed by atoms with Gasteiger partial charge in [-0.3, -0.25) is 9.59 Å². The van der Waals surface area contributed by atoms with E-state index in [4.69, 9.17) is 0 Å². The number of carbonyl (C=O) groups is 1. The topological polar surface area (TPSA) is 52.0 Å². The normalized spacial score (nSPS) is 10.3. The Balaban J connectivity index is 2.67. The molecule has 1 aromatic carbocycles. The molecular formula is C14H14N2O2. The summed E-state index contributed by atoms with van der Waals surface area (Å²) in [5.41, 5.74) is 1.39. The second-order valence-corrected chi connectivity index (χ2v) is 3.99. The Morgan fingerprint density at radius 1 is 1.28 bits per heavy atom. The van der Waals surface area contributed by atoms with Gasteiger partial charge in [-0.05, 0) is 19.9 Å². The standard InChI is InChI=1S/C14H14N2O2/c1-3-16-14(18)12(10(2)17)9-13(15-16)11-7-5-4-6-8-11/h4-9H,3H2,1-2H3. The van der Waals surface area contributed by atoms with E-state index in [0.29, 0.717) is 12.2 Å². The summed E-state index contributed by atoms with van der Waals surface area (Å²) in [7, 11) is 0. The first-order valence-corrected chi connectivity index (χ1v) is 5.82. The maximum Gasteiger partial charge on any atom is 0.277 e. The summed E-state index contributed by atoms with van der Waals surface area (Å²) in [6, 6.07) is 11.1. The number of carbonyl (C=O) groups excluding carboxylic acids is 1.